The molecule has 0 saturated heterocycles. The average Bonchev–Trinajstić information content (AvgIpc) is 3.15. The van der Waals surface area contributed by atoms with Crippen LogP contribution in [0, 0.1) is 11.3 Å². The van der Waals surface area contributed by atoms with E-state index in [0.29, 0.717) is 38.6 Å². The number of fused-ring (bicyclic) bond motifs is 1. The van der Waals surface area contributed by atoms with Gasteiger partial charge in [0.25, 0.3) is 0 Å². The third-order valence-corrected chi connectivity index (χ3v) is 5.75. The predicted molar refractivity (Wildman–Crippen MR) is 111 cm³/mol. The van der Waals surface area contributed by atoms with Gasteiger partial charge in [-0.1, -0.05) is 54.1 Å². The lowest BCUT2D eigenvalue weighted by Crippen LogP contribution is -2.34. The van der Waals surface area contributed by atoms with Crippen molar-refractivity contribution < 1.29 is 8.78 Å². The van der Waals surface area contributed by atoms with E-state index >= 15 is 0 Å². The number of nitriles is 1. The molecule has 148 valence electrons. The van der Waals surface area contributed by atoms with Crippen molar-refractivity contribution in [2.24, 2.45) is 0 Å². The Morgan fingerprint density at radius 3 is 2.47 bits per heavy atom. The SMILES string of the molecule is N#Cc1c(-c2ccccc2)nc2n[nH]c(-c3cccc(Cl)c3)c2c1C1CC(F)(F)C1. The fourth-order valence-corrected chi connectivity index (χ4v) is 4.32. The van der Waals surface area contributed by atoms with Crippen molar-refractivity contribution in [3.05, 3.63) is 70.7 Å². The molecule has 4 aromatic rings. The van der Waals surface area contributed by atoms with Crippen molar-refractivity contribution in [1.82, 2.24) is 15.2 Å². The molecule has 2 aromatic carbocycles. The third kappa shape index (κ3) is 3.03. The van der Waals surface area contributed by atoms with Crippen LogP contribution in [-0.2, 0) is 0 Å². The molecule has 1 saturated carbocycles. The van der Waals surface area contributed by atoms with Crippen molar-refractivity contribution in [3.8, 4) is 28.6 Å². The summed E-state index contributed by atoms with van der Waals surface area (Å²) in [5, 5.41) is 18.5. The summed E-state index contributed by atoms with van der Waals surface area (Å²) >= 11 is 6.15. The highest BCUT2D eigenvalue weighted by Gasteiger charge is 2.48. The minimum absolute atomic E-state index is 0.296. The molecule has 0 bridgehead atoms. The van der Waals surface area contributed by atoms with Crippen molar-refractivity contribution in [3.63, 3.8) is 0 Å². The number of H-pyrrole nitrogens is 1. The van der Waals surface area contributed by atoms with E-state index in [9.17, 15) is 14.0 Å². The molecular formula is C23H15ClF2N4. The molecule has 4 nitrogen and oxygen atoms in total. The Morgan fingerprint density at radius 1 is 1.07 bits per heavy atom. The maximum Gasteiger partial charge on any atom is 0.249 e. The molecule has 0 unspecified atom stereocenters. The number of aromatic nitrogens is 3. The summed E-state index contributed by atoms with van der Waals surface area (Å²) in [5.41, 5.74) is 3.88. The van der Waals surface area contributed by atoms with Gasteiger partial charge in [0, 0.05) is 29.0 Å². The first kappa shape index (κ1) is 18.7. The van der Waals surface area contributed by atoms with Crippen LogP contribution in [0.4, 0.5) is 8.78 Å². The van der Waals surface area contributed by atoms with Gasteiger partial charge in [0.2, 0.25) is 5.92 Å². The molecule has 7 heteroatoms. The van der Waals surface area contributed by atoms with E-state index in [0.717, 1.165) is 11.1 Å². The van der Waals surface area contributed by atoms with Crippen molar-refractivity contribution in [2.75, 3.05) is 0 Å². The van der Waals surface area contributed by atoms with E-state index < -0.39 is 11.8 Å². The third-order valence-electron chi connectivity index (χ3n) is 5.51. The number of alkyl halides is 2. The van der Waals surface area contributed by atoms with Crippen molar-refractivity contribution in [1.29, 1.82) is 5.26 Å². The van der Waals surface area contributed by atoms with Crippen LogP contribution in [0.25, 0.3) is 33.5 Å². The first-order valence-corrected chi connectivity index (χ1v) is 9.86. The Morgan fingerprint density at radius 2 is 1.80 bits per heavy atom. The quantitative estimate of drug-likeness (QED) is 0.421. The highest BCUT2D eigenvalue weighted by Crippen LogP contribution is 2.52. The molecule has 1 N–H and O–H groups in total. The molecular weight excluding hydrogens is 406 g/mol. The second-order valence-electron chi connectivity index (χ2n) is 7.50. The summed E-state index contributed by atoms with van der Waals surface area (Å²) in [7, 11) is 0. The Kier molecular flexibility index (Phi) is 4.30. The standard InChI is InChI=1S/C23H15ClF2N4/c24-16-8-4-7-14(9-16)21-19-18(15-10-23(25,26)11-15)17(12-27)20(28-22(19)30-29-21)13-5-2-1-3-6-13/h1-9,15H,10-11H2,(H,28,29,30). The van der Waals surface area contributed by atoms with Gasteiger partial charge in [-0.15, -0.1) is 0 Å². The van der Waals surface area contributed by atoms with Gasteiger partial charge in [-0.2, -0.15) is 10.4 Å². The molecule has 1 aliphatic carbocycles. The minimum Gasteiger partial charge on any atom is -0.275 e. The zero-order valence-corrected chi connectivity index (χ0v) is 16.4. The predicted octanol–water partition coefficient (Wildman–Crippen LogP) is 6.33. The summed E-state index contributed by atoms with van der Waals surface area (Å²) in [4.78, 5) is 4.64. The second kappa shape index (κ2) is 6.89. The Bertz CT molecular complexity index is 1300. The molecule has 1 aliphatic rings. The van der Waals surface area contributed by atoms with Crippen LogP contribution < -0.4 is 0 Å². The van der Waals surface area contributed by atoms with Crippen LogP contribution in [0.5, 0.6) is 0 Å². The van der Waals surface area contributed by atoms with E-state index in [1.807, 2.05) is 36.4 Å². The van der Waals surface area contributed by atoms with Gasteiger partial charge >= 0.3 is 0 Å². The van der Waals surface area contributed by atoms with Gasteiger partial charge < -0.3 is 0 Å². The number of rotatable bonds is 3. The number of hydrogen-bond acceptors (Lipinski definition) is 3. The maximum absolute atomic E-state index is 13.8. The maximum atomic E-state index is 13.8. The van der Waals surface area contributed by atoms with Crippen LogP contribution >= 0.6 is 11.6 Å². The van der Waals surface area contributed by atoms with Gasteiger partial charge in [0.1, 0.15) is 6.07 Å². The number of benzene rings is 2. The highest BCUT2D eigenvalue weighted by atomic mass is 35.5. The van der Waals surface area contributed by atoms with E-state index in [-0.39, 0.29) is 12.8 Å². The number of hydrogen-bond donors (Lipinski definition) is 1. The fourth-order valence-electron chi connectivity index (χ4n) is 4.13. The van der Waals surface area contributed by atoms with E-state index in [4.69, 9.17) is 11.6 Å². The lowest BCUT2D eigenvalue weighted by Gasteiger charge is -2.36. The molecule has 0 aliphatic heterocycles. The van der Waals surface area contributed by atoms with Gasteiger partial charge in [-0.3, -0.25) is 5.10 Å². The molecule has 0 radical (unpaired) electrons. The monoisotopic (exact) mass is 420 g/mol. The first-order chi connectivity index (χ1) is 14.5. The van der Waals surface area contributed by atoms with Crippen LogP contribution in [0.3, 0.4) is 0 Å². The fraction of sp³-hybridized carbons (Fsp3) is 0.174. The number of halogens is 3. The molecule has 0 amide bonds. The normalized spacial score (nSPS) is 15.7. The minimum atomic E-state index is -2.72. The summed E-state index contributed by atoms with van der Waals surface area (Å²) in [6.45, 7) is 0. The van der Waals surface area contributed by atoms with Crippen LogP contribution in [0.1, 0.15) is 29.9 Å². The number of nitrogens with zero attached hydrogens (tertiary/aromatic N) is 3. The zero-order valence-electron chi connectivity index (χ0n) is 15.7. The smallest absolute Gasteiger partial charge is 0.249 e. The lowest BCUT2D eigenvalue weighted by molar-refractivity contribution is -0.0864. The summed E-state index contributed by atoms with van der Waals surface area (Å²) in [6.07, 6.45) is -0.593. The van der Waals surface area contributed by atoms with Gasteiger partial charge in [0.05, 0.1) is 22.3 Å². The summed E-state index contributed by atoms with van der Waals surface area (Å²) in [5.74, 6) is -3.17. The molecule has 5 rings (SSSR count). The molecule has 1 fully saturated rings. The topological polar surface area (TPSA) is 65.4 Å². The molecule has 0 atom stereocenters. The molecule has 30 heavy (non-hydrogen) atoms. The Labute approximate surface area is 176 Å². The molecule has 2 aromatic heterocycles. The van der Waals surface area contributed by atoms with Crippen LogP contribution in [0.2, 0.25) is 5.02 Å². The summed E-state index contributed by atoms with van der Waals surface area (Å²) in [6, 6.07) is 18.7. The van der Waals surface area contributed by atoms with Gasteiger partial charge in [-0.25, -0.2) is 13.8 Å². The van der Waals surface area contributed by atoms with E-state index in [2.05, 4.69) is 21.3 Å². The molecule has 2 heterocycles. The highest BCUT2D eigenvalue weighted by molar-refractivity contribution is 6.30. The van der Waals surface area contributed by atoms with Crippen molar-refractivity contribution in [2.45, 2.75) is 24.7 Å². The van der Waals surface area contributed by atoms with Crippen molar-refractivity contribution >= 4 is 22.6 Å². The number of pyridine rings is 1. The Balaban J connectivity index is 1.82. The molecule has 0 spiro atoms. The van der Waals surface area contributed by atoms with Crippen LogP contribution in [-0.4, -0.2) is 21.1 Å². The zero-order chi connectivity index (χ0) is 20.9. The van der Waals surface area contributed by atoms with Gasteiger partial charge in [-0.05, 0) is 23.6 Å². The van der Waals surface area contributed by atoms with E-state index in [1.54, 1.807) is 18.2 Å². The largest absolute Gasteiger partial charge is 0.275 e. The average molecular weight is 421 g/mol. The first-order valence-electron chi connectivity index (χ1n) is 9.48. The van der Waals surface area contributed by atoms with Gasteiger partial charge in [0.15, 0.2) is 5.65 Å². The van der Waals surface area contributed by atoms with Crippen LogP contribution in [0.15, 0.2) is 54.6 Å². The summed E-state index contributed by atoms with van der Waals surface area (Å²) < 4.78 is 27.6. The Hall–Kier alpha value is -3.30. The number of nitrogens with one attached hydrogen (secondary N) is 1. The number of aromatic amines is 1. The lowest BCUT2D eigenvalue weighted by atomic mass is 9.73. The van der Waals surface area contributed by atoms with E-state index in [1.165, 1.54) is 0 Å². The second-order valence-corrected chi connectivity index (χ2v) is 7.93.